The highest BCUT2D eigenvalue weighted by Crippen LogP contribution is 2.51. The van der Waals surface area contributed by atoms with Crippen LogP contribution in [0.15, 0.2) is 29.2 Å². The normalized spacial score (nSPS) is 17.1. The summed E-state index contributed by atoms with van der Waals surface area (Å²) < 4.78 is 12.7. The first-order valence-electron chi connectivity index (χ1n) is 5.20. The second kappa shape index (κ2) is 4.45. The third-order valence-corrected chi connectivity index (χ3v) is 4.20. The fraction of sp³-hybridized carbons (Fsp3) is 0.417. The Morgan fingerprint density at radius 2 is 2.00 bits per heavy atom. The lowest BCUT2D eigenvalue weighted by atomic mass is 10.1. The van der Waals surface area contributed by atoms with Crippen molar-refractivity contribution in [3.63, 3.8) is 0 Å². The Morgan fingerprint density at radius 3 is 2.50 bits per heavy atom. The summed E-state index contributed by atoms with van der Waals surface area (Å²) in [5.41, 5.74) is -0.00904. The minimum atomic E-state index is -0.725. The molecule has 0 aromatic heterocycles. The van der Waals surface area contributed by atoms with Crippen LogP contribution in [0.1, 0.15) is 19.3 Å². The van der Waals surface area contributed by atoms with E-state index in [1.165, 1.54) is 12.1 Å². The number of carboxylic acid groups (broad SMARTS) is 1. The number of hydrogen-bond acceptors (Lipinski definition) is 2. The van der Waals surface area contributed by atoms with Crippen LogP contribution >= 0.6 is 11.8 Å². The number of thioether (sulfide) groups is 1. The van der Waals surface area contributed by atoms with E-state index in [-0.39, 0.29) is 17.7 Å². The van der Waals surface area contributed by atoms with E-state index in [0.717, 1.165) is 23.5 Å². The zero-order chi connectivity index (χ0) is 11.6. The van der Waals surface area contributed by atoms with Gasteiger partial charge in [-0.15, -0.1) is 11.8 Å². The average Bonchev–Trinajstić information content (AvgIpc) is 2.97. The van der Waals surface area contributed by atoms with Gasteiger partial charge in [-0.2, -0.15) is 0 Å². The molecule has 0 heterocycles. The van der Waals surface area contributed by atoms with Gasteiger partial charge < -0.3 is 5.11 Å². The molecule has 0 saturated heterocycles. The van der Waals surface area contributed by atoms with Crippen molar-refractivity contribution < 1.29 is 14.3 Å². The van der Waals surface area contributed by atoms with Gasteiger partial charge in [-0.05, 0) is 42.5 Å². The van der Waals surface area contributed by atoms with Crippen molar-refractivity contribution in [2.24, 2.45) is 5.41 Å². The summed E-state index contributed by atoms with van der Waals surface area (Å²) in [6, 6.07) is 6.33. The predicted molar refractivity (Wildman–Crippen MR) is 61.0 cm³/mol. The van der Waals surface area contributed by atoms with Crippen molar-refractivity contribution in [2.75, 3.05) is 5.75 Å². The zero-order valence-electron chi connectivity index (χ0n) is 8.78. The molecule has 0 amide bonds. The first-order valence-corrected chi connectivity index (χ1v) is 6.18. The number of carboxylic acids is 1. The van der Waals surface area contributed by atoms with Crippen LogP contribution in [0.3, 0.4) is 0 Å². The van der Waals surface area contributed by atoms with E-state index >= 15 is 0 Å². The minimum Gasteiger partial charge on any atom is -0.481 e. The van der Waals surface area contributed by atoms with Crippen molar-refractivity contribution in [1.82, 2.24) is 0 Å². The number of aliphatic carboxylic acids is 1. The molecule has 1 aliphatic carbocycles. The first-order chi connectivity index (χ1) is 7.60. The van der Waals surface area contributed by atoms with Gasteiger partial charge in [0.2, 0.25) is 0 Å². The molecule has 1 saturated carbocycles. The summed E-state index contributed by atoms with van der Waals surface area (Å²) in [5.74, 6) is -0.154. The Balaban J connectivity index is 1.87. The van der Waals surface area contributed by atoms with Gasteiger partial charge in [0.05, 0.1) is 6.42 Å². The highest BCUT2D eigenvalue weighted by molar-refractivity contribution is 7.99. The Morgan fingerprint density at radius 1 is 1.38 bits per heavy atom. The highest BCUT2D eigenvalue weighted by Gasteiger charge is 2.44. The summed E-state index contributed by atoms with van der Waals surface area (Å²) in [6.45, 7) is 0. The van der Waals surface area contributed by atoms with Crippen LogP contribution in [0, 0.1) is 11.2 Å². The van der Waals surface area contributed by atoms with E-state index in [1.807, 2.05) is 0 Å². The lowest BCUT2D eigenvalue weighted by Crippen LogP contribution is -2.10. The first kappa shape index (κ1) is 11.5. The second-order valence-electron chi connectivity index (χ2n) is 4.31. The summed E-state index contributed by atoms with van der Waals surface area (Å²) in [4.78, 5) is 11.7. The number of benzene rings is 1. The molecule has 0 bridgehead atoms. The number of hydrogen-bond donors (Lipinski definition) is 1. The van der Waals surface area contributed by atoms with Crippen LogP contribution in [0.5, 0.6) is 0 Å². The molecule has 1 aliphatic rings. The minimum absolute atomic E-state index is 0.00904. The highest BCUT2D eigenvalue weighted by atomic mass is 32.2. The monoisotopic (exact) mass is 240 g/mol. The predicted octanol–water partition coefficient (Wildman–Crippen LogP) is 3.17. The van der Waals surface area contributed by atoms with Crippen LogP contribution in [0.4, 0.5) is 4.39 Å². The third kappa shape index (κ3) is 2.98. The van der Waals surface area contributed by atoms with Gasteiger partial charge in [-0.3, -0.25) is 4.79 Å². The van der Waals surface area contributed by atoms with Crippen molar-refractivity contribution in [3.8, 4) is 0 Å². The van der Waals surface area contributed by atoms with Gasteiger partial charge in [-0.1, -0.05) is 0 Å². The third-order valence-electron chi connectivity index (χ3n) is 2.84. The quantitative estimate of drug-likeness (QED) is 0.803. The molecule has 1 aromatic carbocycles. The SMILES string of the molecule is O=C(O)CC1(CSc2ccc(F)cc2)CC1. The van der Waals surface area contributed by atoms with Crippen molar-refractivity contribution >= 4 is 17.7 Å². The van der Waals surface area contributed by atoms with E-state index in [2.05, 4.69) is 0 Å². The molecule has 1 N–H and O–H groups in total. The molecule has 0 aliphatic heterocycles. The fourth-order valence-electron chi connectivity index (χ4n) is 1.64. The van der Waals surface area contributed by atoms with Crippen LogP contribution < -0.4 is 0 Å². The molecule has 0 atom stereocenters. The van der Waals surface area contributed by atoms with E-state index in [1.54, 1.807) is 23.9 Å². The average molecular weight is 240 g/mol. The van der Waals surface area contributed by atoms with Gasteiger partial charge in [0, 0.05) is 10.6 Å². The van der Waals surface area contributed by atoms with E-state index in [9.17, 15) is 9.18 Å². The smallest absolute Gasteiger partial charge is 0.303 e. The molecular weight excluding hydrogens is 227 g/mol. The van der Waals surface area contributed by atoms with Gasteiger partial charge in [0.15, 0.2) is 0 Å². The molecule has 16 heavy (non-hydrogen) atoms. The van der Waals surface area contributed by atoms with Crippen molar-refractivity contribution in [3.05, 3.63) is 30.1 Å². The van der Waals surface area contributed by atoms with E-state index in [4.69, 9.17) is 5.11 Å². The van der Waals surface area contributed by atoms with Gasteiger partial charge >= 0.3 is 5.97 Å². The van der Waals surface area contributed by atoms with Gasteiger partial charge in [0.25, 0.3) is 0 Å². The Kier molecular flexibility index (Phi) is 3.19. The maximum Gasteiger partial charge on any atom is 0.303 e. The molecule has 86 valence electrons. The molecule has 1 aromatic rings. The Hall–Kier alpha value is -1.03. The summed E-state index contributed by atoms with van der Waals surface area (Å²) >= 11 is 1.61. The molecule has 4 heteroatoms. The summed E-state index contributed by atoms with van der Waals surface area (Å²) in [5, 5.41) is 8.76. The molecule has 2 rings (SSSR count). The topological polar surface area (TPSA) is 37.3 Å². The standard InChI is InChI=1S/C12H13FO2S/c13-9-1-3-10(4-2-9)16-8-12(5-6-12)7-11(14)15/h1-4H,5-8H2,(H,14,15). The lowest BCUT2D eigenvalue weighted by molar-refractivity contribution is -0.138. The zero-order valence-corrected chi connectivity index (χ0v) is 9.60. The summed E-state index contributed by atoms with van der Waals surface area (Å²) in [7, 11) is 0. The van der Waals surface area contributed by atoms with Crippen LogP contribution in [0.25, 0.3) is 0 Å². The maximum atomic E-state index is 12.7. The maximum absolute atomic E-state index is 12.7. The second-order valence-corrected chi connectivity index (χ2v) is 5.36. The fourth-order valence-corrected chi connectivity index (χ4v) is 2.83. The van der Waals surface area contributed by atoms with E-state index in [0.29, 0.717) is 0 Å². The molecule has 0 spiro atoms. The van der Waals surface area contributed by atoms with Crippen LogP contribution in [-0.4, -0.2) is 16.8 Å². The van der Waals surface area contributed by atoms with Crippen LogP contribution in [-0.2, 0) is 4.79 Å². The van der Waals surface area contributed by atoms with Crippen molar-refractivity contribution in [2.45, 2.75) is 24.2 Å². The lowest BCUT2D eigenvalue weighted by Gasteiger charge is -2.11. The molecule has 0 unspecified atom stereocenters. The van der Waals surface area contributed by atoms with Gasteiger partial charge in [-0.25, -0.2) is 4.39 Å². The van der Waals surface area contributed by atoms with Gasteiger partial charge in [0.1, 0.15) is 5.82 Å². The summed E-state index contributed by atoms with van der Waals surface area (Å²) in [6.07, 6.45) is 2.24. The molecule has 2 nitrogen and oxygen atoms in total. The molecule has 0 radical (unpaired) electrons. The number of carbonyl (C=O) groups is 1. The van der Waals surface area contributed by atoms with E-state index < -0.39 is 5.97 Å². The number of rotatable bonds is 5. The van der Waals surface area contributed by atoms with Crippen LogP contribution in [0.2, 0.25) is 0 Å². The largest absolute Gasteiger partial charge is 0.481 e. The Bertz CT molecular complexity index is 385. The molecule has 1 fully saturated rings. The molecular formula is C12H13FO2S. The number of halogens is 1. The Labute approximate surface area is 97.9 Å². The van der Waals surface area contributed by atoms with Crippen molar-refractivity contribution in [1.29, 1.82) is 0 Å².